The van der Waals surface area contributed by atoms with Crippen LogP contribution in [-0.2, 0) is 4.79 Å². The lowest BCUT2D eigenvalue weighted by atomic mass is 9.91. The molecule has 22 heavy (non-hydrogen) atoms. The van der Waals surface area contributed by atoms with Gasteiger partial charge in [0.25, 0.3) is 5.91 Å². The van der Waals surface area contributed by atoms with Gasteiger partial charge in [-0.15, -0.1) is 0 Å². The Morgan fingerprint density at radius 3 is 2.41 bits per heavy atom. The SMILES string of the molecule is NCCC(=O)NC1CCC(NC(=O)c2cncc(F)c2)CC1. The van der Waals surface area contributed by atoms with Crippen LogP contribution in [0, 0.1) is 5.82 Å². The molecule has 1 fully saturated rings. The highest BCUT2D eigenvalue weighted by molar-refractivity contribution is 5.94. The van der Waals surface area contributed by atoms with E-state index in [1.54, 1.807) is 0 Å². The fourth-order valence-electron chi connectivity index (χ4n) is 2.62. The smallest absolute Gasteiger partial charge is 0.253 e. The van der Waals surface area contributed by atoms with Crippen molar-refractivity contribution in [3.63, 3.8) is 0 Å². The van der Waals surface area contributed by atoms with Gasteiger partial charge in [0.05, 0.1) is 11.8 Å². The molecule has 2 rings (SSSR count). The number of carbonyl (C=O) groups excluding carboxylic acids is 2. The average molecular weight is 308 g/mol. The Kier molecular flexibility index (Phi) is 5.83. The summed E-state index contributed by atoms with van der Waals surface area (Å²) in [5.74, 6) is -0.873. The lowest BCUT2D eigenvalue weighted by Gasteiger charge is -2.29. The van der Waals surface area contributed by atoms with E-state index in [0.717, 1.165) is 31.9 Å². The summed E-state index contributed by atoms with van der Waals surface area (Å²) in [7, 11) is 0. The third-order valence-corrected chi connectivity index (χ3v) is 3.77. The molecule has 1 heterocycles. The third kappa shape index (κ3) is 4.77. The minimum absolute atomic E-state index is 0.0270. The summed E-state index contributed by atoms with van der Waals surface area (Å²) in [4.78, 5) is 27.2. The Morgan fingerprint density at radius 1 is 1.18 bits per heavy atom. The van der Waals surface area contributed by atoms with E-state index in [4.69, 9.17) is 5.73 Å². The maximum atomic E-state index is 13.0. The van der Waals surface area contributed by atoms with E-state index in [2.05, 4.69) is 15.6 Å². The zero-order chi connectivity index (χ0) is 15.9. The maximum absolute atomic E-state index is 13.0. The molecule has 4 N–H and O–H groups in total. The van der Waals surface area contributed by atoms with E-state index in [-0.39, 0.29) is 29.5 Å². The first kappa shape index (κ1) is 16.4. The highest BCUT2D eigenvalue weighted by Gasteiger charge is 2.23. The van der Waals surface area contributed by atoms with E-state index in [1.165, 1.54) is 12.3 Å². The first-order valence-electron chi connectivity index (χ1n) is 7.49. The number of hydrogen-bond donors (Lipinski definition) is 3. The molecule has 1 aliphatic rings. The first-order chi connectivity index (χ1) is 10.6. The lowest BCUT2D eigenvalue weighted by Crippen LogP contribution is -2.44. The molecule has 120 valence electrons. The molecule has 0 bridgehead atoms. The molecule has 1 saturated carbocycles. The molecule has 0 unspecified atom stereocenters. The van der Waals surface area contributed by atoms with Crippen molar-refractivity contribution in [2.75, 3.05) is 6.54 Å². The monoisotopic (exact) mass is 308 g/mol. The third-order valence-electron chi connectivity index (χ3n) is 3.77. The maximum Gasteiger partial charge on any atom is 0.253 e. The average Bonchev–Trinajstić information content (AvgIpc) is 2.49. The van der Waals surface area contributed by atoms with Crippen LogP contribution in [0.5, 0.6) is 0 Å². The summed E-state index contributed by atoms with van der Waals surface area (Å²) in [6, 6.07) is 1.35. The van der Waals surface area contributed by atoms with E-state index >= 15 is 0 Å². The van der Waals surface area contributed by atoms with Crippen molar-refractivity contribution in [1.29, 1.82) is 0 Å². The molecule has 0 saturated heterocycles. The van der Waals surface area contributed by atoms with E-state index in [9.17, 15) is 14.0 Å². The van der Waals surface area contributed by atoms with Gasteiger partial charge in [-0.25, -0.2) is 4.39 Å². The molecule has 0 atom stereocenters. The van der Waals surface area contributed by atoms with Gasteiger partial charge in [0, 0.05) is 31.2 Å². The summed E-state index contributed by atoms with van der Waals surface area (Å²) >= 11 is 0. The molecule has 0 radical (unpaired) electrons. The summed E-state index contributed by atoms with van der Waals surface area (Å²) in [5, 5.41) is 5.82. The Balaban J connectivity index is 1.77. The molecule has 1 aromatic rings. The molecular formula is C15H21FN4O2. The molecule has 7 heteroatoms. The number of hydrogen-bond acceptors (Lipinski definition) is 4. The van der Waals surface area contributed by atoms with Gasteiger partial charge in [0.2, 0.25) is 5.91 Å². The molecular weight excluding hydrogens is 287 g/mol. The summed E-state index contributed by atoms with van der Waals surface area (Å²) in [6.07, 6.45) is 5.92. The zero-order valence-electron chi connectivity index (χ0n) is 12.3. The van der Waals surface area contributed by atoms with Gasteiger partial charge in [-0.1, -0.05) is 0 Å². The Morgan fingerprint density at radius 2 is 1.82 bits per heavy atom. The largest absolute Gasteiger partial charge is 0.353 e. The summed E-state index contributed by atoms with van der Waals surface area (Å²) < 4.78 is 13.0. The van der Waals surface area contributed by atoms with Crippen LogP contribution in [0.25, 0.3) is 0 Å². The van der Waals surface area contributed by atoms with Gasteiger partial charge < -0.3 is 16.4 Å². The lowest BCUT2D eigenvalue weighted by molar-refractivity contribution is -0.121. The van der Waals surface area contributed by atoms with Crippen molar-refractivity contribution in [1.82, 2.24) is 15.6 Å². The summed E-state index contributed by atoms with van der Waals surface area (Å²) in [5.41, 5.74) is 5.56. The standard InChI is InChI=1S/C15H21FN4O2/c16-11-7-10(8-18-9-11)15(22)20-13-3-1-12(2-4-13)19-14(21)5-6-17/h7-9,12-13H,1-6,17H2,(H,19,21)(H,20,22). The molecule has 6 nitrogen and oxygen atoms in total. The van der Waals surface area contributed by atoms with Crippen molar-refractivity contribution in [3.8, 4) is 0 Å². The minimum atomic E-state index is -0.529. The number of nitrogens with two attached hydrogens (primary N) is 1. The zero-order valence-corrected chi connectivity index (χ0v) is 12.3. The fraction of sp³-hybridized carbons (Fsp3) is 0.533. The summed E-state index contributed by atoms with van der Waals surface area (Å²) in [6.45, 7) is 0.346. The second-order valence-electron chi connectivity index (χ2n) is 5.52. The number of nitrogens with one attached hydrogen (secondary N) is 2. The van der Waals surface area contributed by atoms with Crippen LogP contribution >= 0.6 is 0 Å². The van der Waals surface area contributed by atoms with Gasteiger partial charge in [0.1, 0.15) is 5.82 Å². The number of pyridine rings is 1. The molecule has 2 amide bonds. The van der Waals surface area contributed by atoms with Crippen molar-refractivity contribution in [2.45, 2.75) is 44.2 Å². The van der Waals surface area contributed by atoms with Crippen LogP contribution in [0.3, 0.4) is 0 Å². The Labute approximate surface area is 128 Å². The Hall–Kier alpha value is -2.02. The number of nitrogens with zero attached hydrogens (tertiary/aromatic N) is 1. The second kappa shape index (κ2) is 7.84. The quantitative estimate of drug-likeness (QED) is 0.747. The van der Waals surface area contributed by atoms with E-state index in [0.29, 0.717) is 13.0 Å². The predicted molar refractivity (Wildman–Crippen MR) is 79.5 cm³/mol. The molecule has 1 aliphatic carbocycles. The van der Waals surface area contributed by atoms with E-state index in [1.807, 2.05) is 0 Å². The van der Waals surface area contributed by atoms with Crippen molar-refractivity contribution in [3.05, 3.63) is 29.8 Å². The van der Waals surface area contributed by atoms with Gasteiger partial charge >= 0.3 is 0 Å². The predicted octanol–water partition coefficient (Wildman–Crippen LogP) is 0.727. The molecule has 0 aromatic carbocycles. The Bertz CT molecular complexity index is 530. The first-order valence-corrected chi connectivity index (χ1v) is 7.49. The van der Waals surface area contributed by atoms with Crippen LogP contribution in [-0.4, -0.2) is 35.4 Å². The highest BCUT2D eigenvalue weighted by atomic mass is 19.1. The van der Waals surface area contributed by atoms with Gasteiger partial charge in [0.15, 0.2) is 0 Å². The molecule has 0 aliphatic heterocycles. The molecule has 1 aromatic heterocycles. The van der Waals surface area contributed by atoms with Gasteiger partial charge in [-0.05, 0) is 31.7 Å². The topological polar surface area (TPSA) is 97.1 Å². The normalized spacial score (nSPS) is 21.2. The number of carbonyl (C=O) groups is 2. The minimum Gasteiger partial charge on any atom is -0.353 e. The van der Waals surface area contributed by atoms with Crippen molar-refractivity contribution >= 4 is 11.8 Å². The van der Waals surface area contributed by atoms with Crippen LogP contribution in [0.15, 0.2) is 18.5 Å². The van der Waals surface area contributed by atoms with Gasteiger partial charge in [-0.2, -0.15) is 0 Å². The van der Waals surface area contributed by atoms with Crippen LogP contribution < -0.4 is 16.4 Å². The van der Waals surface area contributed by atoms with Crippen molar-refractivity contribution < 1.29 is 14.0 Å². The van der Waals surface area contributed by atoms with Gasteiger partial charge in [-0.3, -0.25) is 14.6 Å². The van der Waals surface area contributed by atoms with E-state index < -0.39 is 5.82 Å². The number of aromatic nitrogens is 1. The second-order valence-corrected chi connectivity index (χ2v) is 5.52. The fourth-order valence-corrected chi connectivity index (χ4v) is 2.62. The van der Waals surface area contributed by atoms with Crippen LogP contribution in [0.2, 0.25) is 0 Å². The van der Waals surface area contributed by atoms with Crippen LogP contribution in [0.1, 0.15) is 42.5 Å². The number of amides is 2. The highest BCUT2D eigenvalue weighted by Crippen LogP contribution is 2.19. The number of halogens is 1. The van der Waals surface area contributed by atoms with Crippen molar-refractivity contribution in [2.24, 2.45) is 5.73 Å². The van der Waals surface area contributed by atoms with Crippen LogP contribution in [0.4, 0.5) is 4.39 Å². The molecule has 0 spiro atoms. The number of rotatable bonds is 5.